The largest absolute Gasteiger partial charge is 0.359 e. The van der Waals surface area contributed by atoms with Crippen LogP contribution in [0.2, 0.25) is 0 Å². The monoisotopic (exact) mass is 226 g/mol. The second kappa shape index (κ2) is 4.36. The summed E-state index contributed by atoms with van der Waals surface area (Å²) in [4.78, 5) is 4.80. The Kier molecular flexibility index (Phi) is 3.29. The molecule has 86 valence electrons. The standard InChI is InChI=1S/C12H22N2S/c1-4-9-7-10(9)13-11-14-12(5-2,6-3)8-15-11/h9-10H,4-8H2,1-3H3,(H,13,14). The Morgan fingerprint density at radius 2 is 2.13 bits per heavy atom. The van der Waals surface area contributed by atoms with E-state index in [0.29, 0.717) is 11.6 Å². The van der Waals surface area contributed by atoms with Crippen LogP contribution in [-0.4, -0.2) is 22.5 Å². The highest BCUT2D eigenvalue weighted by molar-refractivity contribution is 8.14. The molecule has 2 nitrogen and oxygen atoms in total. The van der Waals surface area contributed by atoms with Gasteiger partial charge in [0.25, 0.3) is 0 Å². The molecule has 0 aromatic heterocycles. The van der Waals surface area contributed by atoms with Gasteiger partial charge >= 0.3 is 0 Å². The number of aliphatic imine (C=N–C) groups is 1. The first kappa shape index (κ1) is 11.3. The fourth-order valence-electron chi connectivity index (χ4n) is 2.19. The molecule has 1 heterocycles. The first-order valence-corrected chi connectivity index (χ1v) is 7.20. The molecule has 1 aliphatic carbocycles. The van der Waals surface area contributed by atoms with Gasteiger partial charge in [0.2, 0.25) is 0 Å². The summed E-state index contributed by atoms with van der Waals surface area (Å²) in [6, 6.07) is 0.634. The lowest BCUT2D eigenvalue weighted by molar-refractivity contribution is 0.407. The van der Waals surface area contributed by atoms with Crippen molar-refractivity contribution in [1.29, 1.82) is 0 Å². The number of hydrogen-bond acceptors (Lipinski definition) is 2. The van der Waals surface area contributed by atoms with Crippen molar-refractivity contribution in [1.82, 2.24) is 5.32 Å². The molecule has 0 aromatic rings. The number of nitrogens with zero attached hydrogens (tertiary/aromatic N) is 1. The fourth-order valence-corrected chi connectivity index (χ4v) is 3.58. The Balaban J connectivity index is 1.92. The van der Waals surface area contributed by atoms with Crippen LogP contribution in [0.1, 0.15) is 46.5 Å². The zero-order chi connectivity index (χ0) is 10.9. The van der Waals surface area contributed by atoms with Crippen molar-refractivity contribution in [3.8, 4) is 0 Å². The molecule has 15 heavy (non-hydrogen) atoms. The molecule has 2 fully saturated rings. The molecular formula is C12H22N2S. The minimum absolute atomic E-state index is 0.333. The van der Waals surface area contributed by atoms with Gasteiger partial charge in [-0.05, 0) is 25.2 Å². The number of nitrogens with one attached hydrogen (secondary N) is 1. The summed E-state index contributed by atoms with van der Waals surface area (Å²) in [5.74, 6) is 2.07. The van der Waals surface area contributed by atoms with Crippen molar-refractivity contribution in [3.05, 3.63) is 0 Å². The molecule has 3 heteroatoms. The average Bonchev–Trinajstić information content (AvgIpc) is 2.89. The molecule has 1 saturated heterocycles. The minimum atomic E-state index is 0.333. The molecule has 1 aliphatic heterocycles. The topological polar surface area (TPSA) is 24.4 Å². The maximum atomic E-state index is 4.80. The summed E-state index contributed by atoms with van der Waals surface area (Å²) >= 11 is 1.92. The van der Waals surface area contributed by atoms with Gasteiger partial charge in [0, 0.05) is 11.3 Å². The molecule has 0 radical (unpaired) electrons. The second-order valence-corrected chi connectivity index (χ2v) is 5.77. The van der Waals surface area contributed by atoms with E-state index in [-0.39, 0.29) is 0 Å². The van der Waals surface area contributed by atoms with Crippen LogP contribution >= 0.6 is 11.8 Å². The minimum Gasteiger partial charge on any atom is -0.359 e. The third kappa shape index (κ3) is 2.32. The van der Waals surface area contributed by atoms with Crippen LogP contribution in [0, 0.1) is 5.92 Å². The van der Waals surface area contributed by atoms with E-state index in [1.165, 1.54) is 36.6 Å². The van der Waals surface area contributed by atoms with Crippen molar-refractivity contribution in [2.45, 2.75) is 58.0 Å². The molecular weight excluding hydrogens is 204 g/mol. The van der Waals surface area contributed by atoms with Crippen LogP contribution in [-0.2, 0) is 0 Å². The molecule has 1 saturated carbocycles. The number of thioether (sulfide) groups is 1. The van der Waals surface area contributed by atoms with Gasteiger partial charge in [-0.25, -0.2) is 0 Å². The first-order chi connectivity index (χ1) is 7.23. The predicted octanol–water partition coefficient (Wildman–Crippen LogP) is 3.04. The third-order valence-corrected chi connectivity index (χ3v) is 5.08. The van der Waals surface area contributed by atoms with Crippen molar-refractivity contribution < 1.29 is 0 Å². The number of hydrogen-bond donors (Lipinski definition) is 1. The van der Waals surface area contributed by atoms with E-state index in [2.05, 4.69) is 26.1 Å². The van der Waals surface area contributed by atoms with Gasteiger partial charge < -0.3 is 5.32 Å². The molecule has 0 aromatic carbocycles. The van der Waals surface area contributed by atoms with Gasteiger partial charge in [-0.1, -0.05) is 39.0 Å². The van der Waals surface area contributed by atoms with Crippen molar-refractivity contribution >= 4 is 16.9 Å². The van der Waals surface area contributed by atoms with Crippen molar-refractivity contribution in [3.63, 3.8) is 0 Å². The van der Waals surface area contributed by atoms with Gasteiger partial charge in [0.05, 0.1) is 6.04 Å². The van der Waals surface area contributed by atoms with Crippen LogP contribution in [0.25, 0.3) is 0 Å². The molecule has 2 unspecified atom stereocenters. The molecule has 2 atom stereocenters. The lowest BCUT2D eigenvalue weighted by atomic mass is 9.96. The summed E-state index contributed by atoms with van der Waals surface area (Å²) in [7, 11) is 0. The lowest BCUT2D eigenvalue weighted by Gasteiger charge is -2.25. The zero-order valence-corrected chi connectivity index (χ0v) is 10.9. The summed E-state index contributed by atoms with van der Waals surface area (Å²) < 4.78 is 0. The lowest BCUT2D eigenvalue weighted by Crippen LogP contribution is -2.42. The quantitative estimate of drug-likeness (QED) is 0.797. The smallest absolute Gasteiger partial charge is 0.157 e. The highest BCUT2D eigenvalue weighted by atomic mass is 32.2. The first-order valence-electron chi connectivity index (χ1n) is 6.21. The fraction of sp³-hybridized carbons (Fsp3) is 0.917. The maximum Gasteiger partial charge on any atom is 0.157 e. The third-order valence-electron chi connectivity index (χ3n) is 3.90. The van der Waals surface area contributed by atoms with E-state index >= 15 is 0 Å². The molecule has 0 amide bonds. The van der Waals surface area contributed by atoms with Crippen molar-refractivity contribution in [2.75, 3.05) is 5.75 Å². The summed E-state index contributed by atoms with van der Waals surface area (Å²) in [6.45, 7) is 6.81. The molecule has 0 spiro atoms. The van der Waals surface area contributed by atoms with Crippen LogP contribution in [0.5, 0.6) is 0 Å². The van der Waals surface area contributed by atoms with Crippen molar-refractivity contribution in [2.24, 2.45) is 10.9 Å². The molecule has 1 N–H and O–H groups in total. The molecule has 2 aliphatic rings. The van der Waals surface area contributed by atoms with E-state index in [1.54, 1.807) is 0 Å². The van der Waals surface area contributed by atoms with Crippen LogP contribution in [0.4, 0.5) is 0 Å². The van der Waals surface area contributed by atoms with E-state index in [9.17, 15) is 0 Å². The second-order valence-electron chi connectivity index (χ2n) is 4.81. The van der Waals surface area contributed by atoms with Gasteiger partial charge in [-0.3, -0.25) is 4.99 Å². The number of amidine groups is 1. The summed E-state index contributed by atoms with van der Waals surface area (Å²) in [5.41, 5.74) is 0.333. The van der Waals surface area contributed by atoms with Gasteiger partial charge in [-0.2, -0.15) is 0 Å². The van der Waals surface area contributed by atoms with E-state index in [4.69, 9.17) is 4.99 Å². The van der Waals surface area contributed by atoms with E-state index < -0.39 is 0 Å². The SMILES string of the molecule is CCC1CC1N=C1NC(CC)(CC)CS1. The summed E-state index contributed by atoms with van der Waals surface area (Å²) in [5, 5.41) is 4.84. The van der Waals surface area contributed by atoms with Crippen LogP contribution < -0.4 is 5.32 Å². The Hall–Kier alpha value is -0.180. The zero-order valence-electron chi connectivity index (χ0n) is 10.0. The molecule has 0 bridgehead atoms. The maximum absolute atomic E-state index is 4.80. The van der Waals surface area contributed by atoms with Gasteiger partial charge in [-0.15, -0.1) is 0 Å². The highest BCUT2D eigenvalue weighted by Gasteiger charge is 2.38. The Bertz CT molecular complexity index is 258. The highest BCUT2D eigenvalue weighted by Crippen LogP contribution is 2.38. The van der Waals surface area contributed by atoms with Crippen LogP contribution in [0.3, 0.4) is 0 Å². The Morgan fingerprint density at radius 3 is 2.60 bits per heavy atom. The predicted molar refractivity (Wildman–Crippen MR) is 68.5 cm³/mol. The Labute approximate surface area is 97.3 Å². The average molecular weight is 226 g/mol. The van der Waals surface area contributed by atoms with E-state index in [1.807, 2.05) is 11.8 Å². The van der Waals surface area contributed by atoms with Gasteiger partial charge in [0.1, 0.15) is 0 Å². The van der Waals surface area contributed by atoms with Gasteiger partial charge in [0.15, 0.2) is 5.17 Å². The molecule has 2 rings (SSSR count). The van der Waals surface area contributed by atoms with E-state index in [0.717, 1.165) is 5.92 Å². The number of rotatable bonds is 4. The normalized spacial score (nSPS) is 35.5. The Morgan fingerprint density at radius 1 is 1.40 bits per heavy atom. The summed E-state index contributed by atoms with van der Waals surface area (Å²) in [6.07, 6.45) is 5.01. The van der Waals surface area contributed by atoms with Crippen LogP contribution in [0.15, 0.2) is 4.99 Å².